The van der Waals surface area contributed by atoms with Crippen LogP contribution in [0.15, 0.2) is 225 Å². The number of aromatic nitrogens is 3. The Morgan fingerprint density at radius 2 is 0.841 bits per heavy atom. The van der Waals surface area contributed by atoms with E-state index in [1.54, 1.807) is 6.20 Å². The molecule has 1 spiro atoms. The first-order chi connectivity index (χ1) is 31.3. The van der Waals surface area contributed by atoms with Crippen molar-refractivity contribution >= 4 is 21.5 Å². The maximum atomic E-state index is 5.43. The van der Waals surface area contributed by atoms with E-state index < -0.39 is 5.41 Å². The molecule has 2 heterocycles. The van der Waals surface area contributed by atoms with Crippen LogP contribution in [0.5, 0.6) is 0 Å². The van der Waals surface area contributed by atoms with Gasteiger partial charge in [0.1, 0.15) is 0 Å². The first kappa shape index (κ1) is 35.5. The van der Waals surface area contributed by atoms with Gasteiger partial charge in [0.15, 0.2) is 5.82 Å². The fourth-order valence-electron chi connectivity index (χ4n) is 10.8. The second kappa shape index (κ2) is 13.9. The fraction of sp³-hybridized carbons (Fsp3) is 0.0167. The van der Waals surface area contributed by atoms with E-state index in [1.165, 1.54) is 77.2 Å². The second-order valence-electron chi connectivity index (χ2n) is 16.6. The van der Waals surface area contributed by atoms with Crippen LogP contribution in [-0.2, 0) is 5.41 Å². The molecule has 9 aromatic carbocycles. The molecular formula is C60H37N3. The molecule has 0 saturated heterocycles. The summed E-state index contributed by atoms with van der Waals surface area (Å²) < 4.78 is 0. The first-order valence-electron chi connectivity index (χ1n) is 21.6. The van der Waals surface area contributed by atoms with E-state index in [0.717, 1.165) is 39.2 Å². The molecule has 1 unspecified atom stereocenters. The SMILES string of the molecule is c1ccc(-c2cc(-c3ccc4c(c3)C3(c5ccccc5-c5ccccc5-4)c4ccccc4-c4c3c3ccccc3c3ccccc43)nc(-c3ccc(-c4cccnc4)cc3)n2)cc1. The summed E-state index contributed by atoms with van der Waals surface area (Å²) in [5, 5.41) is 5.08. The van der Waals surface area contributed by atoms with Gasteiger partial charge < -0.3 is 0 Å². The molecule has 1 atom stereocenters. The minimum Gasteiger partial charge on any atom is -0.264 e. The molecule has 0 bridgehead atoms. The van der Waals surface area contributed by atoms with Crippen molar-refractivity contribution in [2.45, 2.75) is 5.41 Å². The van der Waals surface area contributed by atoms with E-state index in [0.29, 0.717) is 5.82 Å². The molecule has 0 amide bonds. The Balaban J connectivity index is 1.14. The van der Waals surface area contributed by atoms with E-state index in [9.17, 15) is 0 Å². The third kappa shape index (κ3) is 5.23. The molecule has 2 aliphatic carbocycles. The van der Waals surface area contributed by atoms with E-state index >= 15 is 0 Å². The van der Waals surface area contributed by atoms with Gasteiger partial charge in [-0.3, -0.25) is 4.98 Å². The van der Waals surface area contributed by atoms with E-state index in [4.69, 9.17) is 9.97 Å². The standard InChI is InChI=1S/C60H37N3/c1-2-15-39(16-3-1)55-36-56(63-59(62-55)40-30-28-38(29-31-40)42-17-14-34-61-37-42)41-32-33-48-44-19-5-4-18-43(44)47-22-10-12-26-52(47)60(54(48)35-41)53-27-13-11-25-51(53)57-49-23-8-6-20-45(49)46-21-7-9-24-50(46)58(57)60/h1-37H. The van der Waals surface area contributed by atoms with Crippen LogP contribution in [0.2, 0.25) is 0 Å². The Hall–Kier alpha value is -8.27. The quantitative estimate of drug-likeness (QED) is 0.166. The molecular weight excluding hydrogens is 763 g/mol. The zero-order valence-corrected chi connectivity index (χ0v) is 34.2. The second-order valence-corrected chi connectivity index (χ2v) is 16.6. The number of hydrogen-bond donors (Lipinski definition) is 0. The molecule has 3 heteroatoms. The molecule has 13 rings (SSSR count). The number of hydrogen-bond acceptors (Lipinski definition) is 3. The van der Waals surface area contributed by atoms with Crippen LogP contribution >= 0.6 is 0 Å². The maximum Gasteiger partial charge on any atom is 0.160 e. The summed E-state index contributed by atoms with van der Waals surface area (Å²) in [7, 11) is 0. The summed E-state index contributed by atoms with van der Waals surface area (Å²) in [6.45, 7) is 0. The highest BCUT2D eigenvalue weighted by molar-refractivity contribution is 6.19. The lowest BCUT2D eigenvalue weighted by Gasteiger charge is -2.36. The Bertz CT molecular complexity index is 3610. The van der Waals surface area contributed by atoms with Crippen molar-refractivity contribution in [3.63, 3.8) is 0 Å². The van der Waals surface area contributed by atoms with Crippen LogP contribution in [0.4, 0.5) is 0 Å². The summed E-state index contributed by atoms with van der Waals surface area (Å²) >= 11 is 0. The van der Waals surface area contributed by atoms with Crippen molar-refractivity contribution in [3.8, 4) is 78.4 Å². The number of benzene rings is 9. The third-order valence-corrected chi connectivity index (χ3v) is 13.4. The van der Waals surface area contributed by atoms with Crippen molar-refractivity contribution < 1.29 is 0 Å². The lowest BCUT2D eigenvalue weighted by molar-refractivity contribution is 0.783. The van der Waals surface area contributed by atoms with Crippen molar-refractivity contribution in [1.29, 1.82) is 0 Å². The highest BCUT2D eigenvalue weighted by Gasteiger charge is 2.51. The zero-order chi connectivity index (χ0) is 41.5. The normalized spacial score (nSPS) is 14.4. The number of fused-ring (bicyclic) bond motifs is 17. The molecule has 0 radical (unpaired) electrons. The van der Waals surface area contributed by atoms with Gasteiger partial charge in [-0.25, -0.2) is 9.97 Å². The Morgan fingerprint density at radius 3 is 1.56 bits per heavy atom. The Morgan fingerprint density at radius 1 is 0.317 bits per heavy atom. The number of nitrogens with zero attached hydrogens (tertiary/aromatic N) is 3. The van der Waals surface area contributed by atoms with Gasteiger partial charge in [-0.2, -0.15) is 0 Å². The Labute approximate surface area is 365 Å². The van der Waals surface area contributed by atoms with Crippen LogP contribution in [0, 0.1) is 0 Å². The highest BCUT2D eigenvalue weighted by atomic mass is 14.9. The van der Waals surface area contributed by atoms with Gasteiger partial charge in [0, 0.05) is 29.1 Å². The van der Waals surface area contributed by atoms with Gasteiger partial charge in [-0.05, 0) is 107 Å². The van der Waals surface area contributed by atoms with Crippen molar-refractivity contribution in [2.24, 2.45) is 0 Å². The lowest BCUT2D eigenvalue weighted by atomic mass is 9.64. The molecule has 63 heavy (non-hydrogen) atoms. The van der Waals surface area contributed by atoms with Crippen molar-refractivity contribution in [3.05, 3.63) is 247 Å². The van der Waals surface area contributed by atoms with Gasteiger partial charge in [0.25, 0.3) is 0 Å². The van der Waals surface area contributed by atoms with Crippen LogP contribution in [0.1, 0.15) is 22.3 Å². The van der Waals surface area contributed by atoms with Crippen molar-refractivity contribution in [1.82, 2.24) is 15.0 Å². The molecule has 0 fully saturated rings. The highest BCUT2D eigenvalue weighted by Crippen LogP contribution is 2.64. The predicted octanol–water partition coefficient (Wildman–Crippen LogP) is 14.9. The number of rotatable bonds is 4. The summed E-state index contributed by atoms with van der Waals surface area (Å²) in [4.78, 5) is 15.0. The fourth-order valence-corrected chi connectivity index (χ4v) is 10.8. The smallest absolute Gasteiger partial charge is 0.160 e. The average molecular weight is 800 g/mol. The largest absolute Gasteiger partial charge is 0.264 e. The van der Waals surface area contributed by atoms with Gasteiger partial charge >= 0.3 is 0 Å². The van der Waals surface area contributed by atoms with E-state index in [-0.39, 0.29) is 0 Å². The monoisotopic (exact) mass is 799 g/mol. The van der Waals surface area contributed by atoms with Crippen LogP contribution in [0.25, 0.3) is 100.0 Å². The summed E-state index contributed by atoms with van der Waals surface area (Å²) in [5.41, 5.74) is 18.9. The Kier molecular flexibility index (Phi) is 7.82. The number of pyridine rings is 1. The van der Waals surface area contributed by atoms with Gasteiger partial charge in [0.2, 0.25) is 0 Å². The zero-order valence-electron chi connectivity index (χ0n) is 34.2. The van der Waals surface area contributed by atoms with Gasteiger partial charge in [-0.1, -0.05) is 194 Å². The molecule has 11 aromatic rings. The first-order valence-corrected chi connectivity index (χ1v) is 21.6. The van der Waals surface area contributed by atoms with E-state index in [2.05, 4.69) is 211 Å². The molecule has 0 aliphatic heterocycles. The molecule has 0 N–H and O–H groups in total. The minimum absolute atomic E-state index is 0.679. The third-order valence-electron chi connectivity index (χ3n) is 13.4. The minimum atomic E-state index is -0.684. The van der Waals surface area contributed by atoms with Gasteiger partial charge in [-0.15, -0.1) is 0 Å². The molecule has 3 nitrogen and oxygen atoms in total. The summed E-state index contributed by atoms with van der Waals surface area (Å²) in [6.07, 6.45) is 3.70. The lowest BCUT2D eigenvalue weighted by Crippen LogP contribution is -2.29. The van der Waals surface area contributed by atoms with Crippen LogP contribution in [-0.4, -0.2) is 15.0 Å². The molecule has 292 valence electrons. The van der Waals surface area contributed by atoms with Gasteiger partial charge in [0.05, 0.1) is 16.8 Å². The van der Waals surface area contributed by atoms with Crippen LogP contribution < -0.4 is 0 Å². The van der Waals surface area contributed by atoms with Crippen molar-refractivity contribution in [2.75, 3.05) is 0 Å². The van der Waals surface area contributed by atoms with Crippen LogP contribution in [0.3, 0.4) is 0 Å². The molecule has 2 aliphatic rings. The summed E-state index contributed by atoms with van der Waals surface area (Å²) in [6, 6.07) is 77.5. The molecule has 0 saturated carbocycles. The summed E-state index contributed by atoms with van der Waals surface area (Å²) in [5.74, 6) is 0.679. The maximum absolute atomic E-state index is 5.43. The topological polar surface area (TPSA) is 38.7 Å². The predicted molar refractivity (Wildman–Crippen MR) is 258 cm³/mol. The average Bonchev–Trinajstić information content (AvgIpc) is 3.63. The molecule has 2 aromatic heterocycles. The van der Waals surface area contributed by atoms with E-state index in [1.807, 2.05) is 12.3 Å².